The summed E-state index contributed by atoms with van der Waals surface area (Å²) in [5.41, 5.74) is 0.498. The summed E-state index contributed by atoms with van der Waals surface area (Å²) in [7, 11) is 0. The molecule has 1 aliphatic rings. The van der Waals surface area contributed by atoms with Gasteiger partial charge in [0, 0.05) is 24.0 Å². The molecule has 1 aliphatic carbocycles. The van der Waals surface area contributed by atoms with Gasteiger partial charge in [-0.3, -0.25) is 4.79 Å². The Kier molecular flexibility index (Phi) is 5.72. The van der Waals surface area contributed by atoms with E-state index in [1.54, 1.807) is 31.2 Å². The molecule has 0 aliphatic heterocycles. The summed E-state index contributed by atoms with van der Waals surface area (Å²) < 4.78 is 5.07. The Morgan fingerprint density at radius 3 is 2.64 bits per heavy atom. The molecule has 0 saturated carbocycles. The molecule has 5 nitrogen and oxygen atoms in total. The number of carbonyl (C=O) groups excluding carboxylic acids is 2. The predicted molar refractivity (Wildman–Crippen MR) is 82.2 cm³/mol. The van der Waals surface area contributed by atoms with Crippen LogP contribution in [0, 0.1) is 11.8 Å². The third kappa shape index (κ3) is 3.95. The number of ether oxygens (including phenoxy) is 1. The predicted octanol–water partition coefficient (Wildman–Crippen LogP) is 1.53. The number of carbonyl (C=O) groups is 2. The maximum absolute atomic E-state index is 12.3. The van der Waals surface area contributed by atoms with Crippen LogP contribution >= 0.6 is 0 Å². The number of aliphatic hydroxyl groups is 1. The molecule has 3 atom stereocenters. The first kappa shape index (κ1) is 16.2. The number of hydrogen-bond acceptors (Lipinski definition) is 4. The van der Waals surface area contributed by atoms with Crippen LogP contribution in [-0.2, 0) is 9.53 Å². The lowest BCUT2D eigenvalue weighted by Gasteiger charge is -2.22. The Balaban J connectivity index is 2.10. The molecule has 5 heteroatoms. The fourth-order valence-electron chi connectivity index (χ4n) is 2.58. The summed E-state index contributed by atoms with van der Waals surface area (Å²) in [6.07, 6.45) is 4.37. The largest absolute Gasteiger partial charge is 0.464 e. The van der Waals surface area contributed by atoms with Crippen molar-refractivity contribution in [2.45, 2.75) is 19.4 Å². The Morgan fingerprint density at radius 2 is 2.05 bits per heavy atom. The highest BCUT2D eigenvalue weighted by Crippen LogP contribution is 2.26. The van der Waals surface area contributed by atoms with Gasteiger partial charge >= 0.3 is 5.97 Å². The van der Waals surface area contributed by atoms with Crippen molar-refractivity contribution in [1.29, 1.82) is 0 Å². The molecule has 22 heavy (non-hydrogen) atoms. The van der Waals surface area contributed by atoms with Crippen LogP contribution in [0.1, 0.15) is 23.7 Å². The molecule has 1 amide bonds. The second kappa shape index (κ2) is 7.75. The van der Waals surface area contributed by atoms with E-state index in [-0.39, 0.29) is 31.0 Å². The molecule has 2 rings (SSSR count). The number of esters is 1. The number of rotatable bonds is 6. The van der Waals surface area contributed by atoms with Gasteiger partial charge in [-0.1, -0.05) is 30.4 Å². The van der Waals surface area contributed by atoms with Gasteiger partial charge in [0.2, 0.25) is 0 Å². The molecular weight excluding hydrogens is 282 g/mol. The first-order chi connectivity index (χ1) is 10.7. The van der Waals surface area contributed by atoms with Gasteiger partial charge in [0.05, 0.1) is 6.61 Å². The Morgan fingerprint density at radius 1 is 1.32 bits per heavy atom. The van der Waals surface area contributed by atoms with Crippen molar-refractivity contribution in [1.82, 2.24) is 5.32 Å². The topological polar surface area (TPSA) is 75.6 Å². The van der Waals surface area contributed by atoms with Crippen molar-refractivity contribution < 1.29 is 19.4 Å². The van der Waals surface area contributed by atoms with Crippen LogP contribution in [0.3, 0.4) is 0 Å². The zero-order valence-electron chi connectivity index (χ0n) is 12.6. The lowest BCUT2D eigenvalue weighted by Crippen LogP contribution is -2.46. The van der Waals surface area contributed by atoms with Crippen molar-refractivity contribution in [2.75, 3.05) is 13.2 Å². The third-order valence-corrected chi connectivity index (χ3v) is 3.73. The molecule has 2 N–H and O–H groups in total. The monoisotopic (exact) mass is 303 g/mol. The maximum Gasteiger partial charge on any atom is 0.329 e. The van der Waals surface area contributed by atoms with E-state index in [0.29, 0.717) is 12.0 Å². The highest BCUT2D eigenvalue weighted by Gasteiger charge is 2.33. The Bertz CT molecular complexity index is 541. The van der Waals surface area contributed by atoms with Crippen LogP contribution in [0.25, 0.3) is 0 Å². The van der Waals surface area contributed by atoms with E-state index >= 15 is 0 Å². The van der Waals surface area contributed by atoms with Gasteiger partial charge < -0.3 is 15.2 Å². The molecule has 1 aromatic carbocycles. The minimum absolute atomic E-state index is 0.0237. The van der Waals surface area contributed by atoms with Crippen LogP contribution in [0.15, 0.2) is 42.5 Å². The molecule has 1 aromatic rings. The average molecular weight is 303 g/mol. The van der Waals surface area contributed by atoms with Crippen LogP contribution in [0.5, 0.6) is 0 Å². The van der Waals surface area contributed by atoms with Crippen molar-refractivity contribution >= 4 is 11.9 Å². The minimum Gasteiger partial charge on any atom is -0.464 e. The molecule has 0 unspecified atom stereocenters. The Labute approximate surface area is 130 Å². The van der Waals surface area contributed by atoms with E-state index in [1.165, 1.54) is 0 Å². The smallest absolute Gasteiger partial charge is 0.329 e. The molecule has 0 bridgehead atoms. The summed E-state index contributed by atoms with van der Waals surface area (Å²) in [6, 6.07) is 8.01. The van der Waals surface area contributed by atoms with E-state index in [2.05, 4.69) is 5.32 Å². The molecule has 0 saturated heterocycles. The molecule has 118 valence electrons. The van der Waals surface area contributed by atoms with Crippen LogP contribution in [0.2, 0.25) is 0 Å². The molecule has 0 fully saturated rings. The summed E-state index contributed by atoms with van der Waals surface area (Å²) in [4.78, 5) is 24.4. The zero-order valence-corrected chi connectivity index (χ0v) is 12.6. The number of benzene rings is 1. The standard InChI is InChI=1S/C17H21NO4/c1-2-22-17(21)15(14-9-8-12(10-14)11-19)18-16(20)13-6-4-3-5-7-13/h3-9,12,14-15,19H,2,10-11H2,1H3,(H,18,20)/t12-,14+,15+/m1/s1. The second-order valence-electron chi connectivity index (χ2n) is 5.30. The SMILES string of the molecule is CCOC(=O)[C@@H](NC(=O)c1ccccc1)[C@H]1C=C[C@@H](CO)C1. The lowest BCUT2D eigenvalue weighted by molar-refractivity contribution is -0.146. The van der Waals surface area contributed by atoms with Gasteiger partial charge in [0.15, 0.2) is 0 Å². The van der Waals surface area contributed by atoms with Crippen molar-refractivity contribution in [2.24, 2.45) is 11.8 Å². The summed E-state index contributed by atoms with van der Waals surface area (Å²) in [6.45, 7) is 2.03. The summed E-state index contributed by atoms with van der Waals surface area (Å²) in [5.74, 6) is -0.890. The van der Waals surface area contributed by atoms with Gasteiger partial charge in [0.25, 0.3) is 5.91 Å². The maximum atomic E-state index is 12.3. The van der Waals surface area contributed by atoms with E-state index in [9.17, 15) is 14.7 Å². The molecular formula is C17H21NO4. The van der Waals surface area contributed by atoms with Crippen molar-refractivity contribution in [3.05, 3.63) is 48.0 Å². The third-order valence-electron chi connectivity index (χ3n) is 3.73. The first-order valence-electron chi connectivity index (χ1n) is 7.47. The van der Waals surface area contributed by atoms with Crippen LogP contribution in [-0.4, -0.2) is 36.2 Å². The Hall–Kier alpha value is -2.14. The quantitative estimate of drug-likeness (QED) is 0.617. The van der Waals surface area contributed by atoms with Gasteiger partial charge in [-0.15, -0.1) is 0 Å². The summed E-state index contributed by atoms with van der Waals surface area (Å²) >= 11 is 0. The zero-order chi connectivity index (χ0) is 15.9. The molecule has 0 heterocycles. The number of hydrogen-bond donors (Lipinski definition) is 2. The molecule has 0 aromatic heterocycles. The van der Waals surface area contributed by atoms with E-state index in [1.807, 2.05) is 18.2 Å². The molecule has 0 radical (unpaired) electrons. The van der Waals surface area contributed by atoms with Gasteiger partial charge in [-0.25, -0.2) is 4.79 Å². The number of nitrogens with one attached hydrogen (secondary N) is 1. The molecule has 0 spiro atoms. The van der Waals surface area contributed by atoms with E-state index < -0.39 is 12.0 Å². The lowest BCUT2D eigenvalue weighted by atomic mass is 9.95. The van der Waals surface area contributed by atoms with Crippen molar-refractivity contribution in [3.63, 3.8) is 0 Å². The highest BCUT2D eigenvalue weighted by molar-refractivity contribution is 5.96. The normalized spacial score (nSPS) is 21.4. The average Bonchev–Trinajstić information content (AvgIpc) is 3.02. The minimum atomic E-state index is -0.736. The van der Waals surface area contributed by atoms with E-state index in [4.69, 9.17) is 4.74 Å². The fourth-order valence-corrected chi connectivity index (χ4v) is 2.58. The summed E-state index contributed by atoms with van der Waals surface area (Å²) in [5, 5.41) is 12.0. The number of aliphatic hydroxyl groups excluding tert-OH is 1. The second-order valence-corrected chi connectivity index (χ2v) is 5.30. The highest BCUT2D eigenvalue weighted by atomic mass is 16.5. The van der Waals surface area contributed by atoms with E-state index in [0.717, 1.165) is 0 Å². The van der Waals surface area contributed by atoms with Gasteiger partial charge in [-0.05, 0) is 25.5 Å². The van der Waals surface area contributed by atoms with Crippen LogP contribution in [0.4, 0.5) is 0 Å². The van der Waals surface area contributed by atoms with Gasteiger partial charge in [-0.2, -0.15) is 0 Å². The van der Waals surface area contributed by atoms with Gasteiger partial charge in [0.1, 0.15) is 6.04 Å². The first-order valence-corrected chi connectivity index (χ1v) is 7.47. The fraction of sp³-hybridized carbons (Fsp3) is 0.412. The van der Waals surface area contributed by atoms with Crippen LogP contribution < -0.4 is 5.32 Å². The van der Waals surface area contributed by atoms with Crippen molar-refractivity contribution in [3.8, 4) is 0 Å². The number of amides is 1.